The quantitative estimate of drug-likeness (QED) is 0.448. The summed E-state index contributed by atoms with van der Waals surface area (Å²) < 4.78 is 2.07. The van der Waals surface area contributed by atoms with E-state index in [1.807, 2.05) is 62.4 Å². The van der Waals surface area contributed by atoms with Crippen molar-refractivity contribution < 1.29 is 9.59 Å². The van der Waals surface area contributed by atoms with Crippen molar-refractivity contribution in [3.8, 4) is 11.8 Å². The summed E-state index contributed by atoms with van der Waals surface area (Å²) in [7, 11) is 0. The number of rotatable bonds is 5. The van der Waals surface area contributed by atoms with E-state index >= 15 is 0 Å². The SMILES string of the molecule is CC(=O)Nc1ccc(-n2c(C)cc(/C=C(/C#N)C(=O)N3CCN(c4ccccc4)CC3)c2C)cc1. The van der Waals surface area contributed by atoms with Gasteiger partial charge in [0.25, 0.3) is 5.91 Å². The molecule has 1 N–H and O–H groups in total. The highest BCUT2D eigenvalue weighted by Gasteiger charge is 2.24. The van der Waals surface area contributed by atoms with Crippen LogP contribution < -0.4 is 10.2 Å². The summed E-state index contributed by atoms with van der Waals surface area (Å²) in [6.07, 6.45) is 1.69. The molecule has 2 aromatic carbocycles. The van der Waals surface area contributed by atoms with Gasteiger partial charge in [0.2, 0.25) is 5.91 Å². The molecule has 0 saturated carbocycles. The molecule has 1 aliphatic heterocycles. The molecular weight excluding hydrogens is 438 g/mol. The molecule has 7 nitrogen and oxygen atoms in total. The normalized spacial score (nSPS) is 13.9. The minimum absolute atomic E-state index is 0.117. The van der Waals surface area contributed by atoms with Crippen LogP contribution in [0.1, 0.15) is 23.9 Å². The van der Waals surface area contributed by atoms with Crippen molar-refractivity contribution in [3.63, 3.8) is 0 Å². The molecule has 7 heteroatoms. The van der Waals surface area contributed by atoms with Gasteiger partial charge in [-0.3, -0.25) is 9.59 Å². The second-order valence-electron chi connectivity index (χ2n) is 8.67. The third-order valence-corrected chi connectivity index (χ3v) is 6.26. The number of piperazine rings is 1. The number of aromatic nitrogens is 1. The molecule has 1 aromatic heterocycles. The van der Waals surface area contributed by atoms with Gasteiger partial charge < -0.3 is 19.7 Å². The smallest absolute Gasteiger partial charge is 0.264 e. The van der Waals surface area contributed by atoms with E-state index in [2.05, 4.69) is 33.0 Å². The molecule has 2 heterocycles. The first-order valence-electron chi connectivity index (χ1n) is 11.7. The summed E-state index contributed by atoms with van der Waals surface area (Å²) in [6, 6.07) is 21.8. The Kier molecular flexibility index (Phi) is 7.02. The van der Waals surface area contributed by atoms with Gasteiger partial charge in [-0.05, 0) is 68.0 Å². The summed E-state index contributed by atoms with van der Waals surface area (Å²) in [6.45, 7) is 8.05. The van der Waals surface area contributed by atoms with E-state index in [-0.39, 0.29) is 17.4 Å². The van der Waals surface area contributed by atoms with Crippen LogP contribution in [0.5, 0.6) is 0 Å². The lowest BCUT2D eigenvalue weighted by atomic mass is 10.1. The zero-order valence-electron chi connectivity index (χ0n) is 20.3. The first-order chi connectivity index (χ1) is 16.9. The summed E-state index contributed by atoms with van der Waals surface area (Å²) in [5, 5.41) is 12.6. The highest BCUT2D eigenvalue weighted by Crippen LogP contribution is 2.25. The zero-order chi connectivity index (χ0) is 24.9. The molecule has 178 valence electrons. The predicted octanol–water partition coefficient (Wildman–Crippen LogP) is 4.31. The van der Waals surface area contributed by atoms with Gasteiger partial charge >= 0.3 is 0 Å². The van der Waals surface area contributed by atoms with Crippen LogP contribution in [0.2, 0.25) is 0 Å². The lowest BCUT2D eigenvalue weighted by molar-refractivity contribution is -0.126. The predicted molar refractivity (Wildman–Crippen MR) is 138 cm³/mol. The van der Waals surface area contributed by atoms with Crippen LogP contribution in [0.25, 0.3) is 11.8 Å². The summed E-state index contributed by atoms with van der Waals surface area (Å²) >= 11 is 0. The van der Waals surface area contributed by atoms with Gasteiger partial charge in [-0.25, -0.2) is 0 Å². The first-order valence-corrected chi connectivity index (χ1v) is 11.7. The fourth-order valence-electron chi connectivity index (χ4n) is 4.50. The molecule has 1 aliphatic rings. The Labute approximate surface area is 205 Å². The van der Waals surface area contributed by atoms with Crippen LogP contribution in [-0.4, -0.2) is 47.5 Å². The maximum Gasteiger partial charge on any atom is 0.264 e. The van der Waals surface area contributed by atoms with Gasteiger partial charge in [-0.2, -0.15) is 5.26 Å². The second kappa shape index (κ2) is 10.3. The molecule has 0 aliphatic carbocycles. The molecule has 1 saturated heterocycles. The molecule has 2 amide bonds. The number of hydrogen-bond acceptors (Lipinski definition) is 4. The fourth-order valence-corrected chi connectivity index (χ4v) is 4.50. The van der Waals surface area contributed by atoms with Crippen molar-refractivity contribution in [3.05, 3.63) is 83.2 Å². The molecule has 35 heavy (non-hydrogen) atoms. The molecular formula is C28H29N5O2. The van der Waals surface area contributed by atoms with Crippen molar-refractivity contribution in [1.82, 2.24) is 9.47 Å². The van der Waals surface area contributed by atoms with Gasteiger partial charge in [0.05, 0.1) is 0 Å². The molecule has 0 spiro atoms. The largest absolute Gasteiger partial charge is 0.368 e. The van der Waals surface area contributed by atoms with E-state index in [0.717, 1.165) is 47.1 Å². The average Bonchev–Trinajstić information content (AvgIpc) is 3.15. The zero-order valence-corrected chi connectivity index (χ0v) is 20.3. The molecule has 1 fully saturated rings. The van der Waals surface area contributed by atoms with Gasteiger partial charge in [0.15, 0.2) is 0 Å². The Morgan fingerprint density at radius 3 is 2.20 bits per heavy atom. The van der Waals surface area contributed by atoms with Crippen LogP contribution >= 0.6 is 0 Å². The van der Waals surface area contributed by atoms with Gasteiger partial charge in [0.1, 0.15) is 11.6 Å². The summed E-state index contributed by atoms with van der Waals surface area (Å²) in [5.41, 5.74) is 5.71. The second-order valence-corrected chi connectivity index (χ2v) is 8.67. The molecule has 0 atom stereocenters. The van der Waals surface area contributed by atoms with E-state index in [9.17, 15) is 14.9 Å². The summed E-state index contributed by atoms with van der Waals surface area (Å²) in [5.74, 6) is -0.349. The molecule has 0 bridgehead atoms. The lowest BCUT2D eigenvalue weighted by Gasteiger charge is -2.36. The number of benzene rings is 2. The van der Waals surface area contributed by atoms with Crippen LogP contribution in [-0.2, 0) is 9.59 Å². The highest BCUT2D eigenvalue weighted by atomic mass is 16.2. The van der Waals surface area contributed by atoms with Crippen LogP contribution in [0.4, 0.5) is 11.4 Å². The summed E-state index contributed by atoms with van der Waals surface area (Å²) in [4.78, 5) is 28.4. The standard InChI is InChI=1S/C28H29N5O2/c1-20-17-23(21(2)33(20)27-11-9-25(10-12-27)30-22(3)34)18-24(19-29)28(35)32-15-13-31(14-16-32)26-7-5-4-6-8-26/h4-12,17-18H,13-16H2,1-3H3,(H,30,34)/b24-18-. The number of hydrogen-bond donors (Lipinski definition) is 1. The van der Waals surface area contributed by atoms with E-state index in [1.54, 1.807) is 11.0 Å². The Bertz CT molecular complexity index is 1290. The number of nitrogens with one attached hydrogen (secondary N) is 1. The Morgan fingerprint density at radius 2 is 1.60 bits per heavy atom. The number of amides is 2. The van der Waals surface area contributed by atoms with Crippen molar-refractivity contribution >= 4 is 29.3 Å². The Hall–Kier alpha value is -4.31. The number of nitrogens with zero attached hydrogens (tertiary/aromatic N) is 4. The van der Waals surface area contributed by atoms with Gasteiger partial charge in [-0.1, -0.05) is 18.2 Å². The number of nitriles is 1. The Balaban J connectivity index is 1.51. The maximum absolute atomic E-state index is 13.2. The number of aryl methyl sites for hydroxylation is 1. The monoisotopic (exact) mass is 467 g/mol. The van der Waals surface area contributed by atoms with Gasteiger partial charge in [0, 0.05) is 61.6 Å². The molecule has 3 aromatic rings. The van der Waals surface area contributed by atoms with Gasteiger partial charge in [-0.15, -0.1) is 0 Å². The number of carbonyl (C=O) groups excluding carboxylic acids is 2. The maximum atomic E-state index is 13.2. The number of anilines is 2. The van der Waals surface area contributed by atoms with E-state index in [4.69, 9.17) is 0 Å². The van der Waals surface area contributed by atoms with E-state index < -0.39 is 0 Å². The minimum atomic E-state index is -0.232. The topological polar surface area (TPSA) is 81.4 Å². The van der Waals surface area contributed by atoms with Crippen molar-refractivity contribution in [2.75, 3.05) is 36.4 Å². The third kappa shape index (κ3) is 5.28. The van der Waals surface area contributed by atoms with Crippen molar-refractivity contribution in [1.29, 1.82) is 5.26 Å². The average molecular weight is 468 g/mol. The molecule has 4 rings (SSSR count). The minimum Gasteiger partial charge on any atom is -0.368 e. The lowest BCUT2D eigenvalue weighted by Crippen LogP contribution is -2.49. The van der Waals surface area contributed by atoms with Crippen LogP contribution in [0, 0.1) is 25.2 Å². The number of para-hydroxylation sites is 1. The van der Waals surface area contributed by atoms with Crippen LogP contribution in [0.3, 0.4) is 0 Å². The van der Waals surface area contributed by atoms with Crippen LogP contribution in [0.15, 0.2) is 66.2 Å². The highest BCUT2D eigenvalue weighted by molar-refractivity contribution is 6.02. The van der Waals surface area contributed by atoms with E-state index in [1.165, 1.54) is 6.92 Å². The fraction of sp³-hybridized carbons (Fsp3) is 0.250. The Morgan fingerprint density at radius 1 is 0.943 bits per heavy atom. The third-order valence-electron chi connectivity index (χ3n) is 6.26. The first kappa shape index (κ1) is 23.8. The molecule has 0 radical (unpaired) electrons. The number of carbonyl (C=O) groups is 2. The van der Waals surface area contributed by atoms with Crippen molar-refractivity contribution in [2.24, 2.45) is 0 Å². The van der Waals surface area contributed by atoms with E-state index in [0.29, 0.717) is 13.1 Å². The van der Waals surface area contributed by atoms with Crippen molar-refractivity contribution in [2.45, 2.75) is 20.8 Å². The molecule has 0 unspecified atom stereocenters.